The molecule has 2 aromatic carbocycles. The average Bonchev–Trinajstić information content (AvgIpc) is 3.09. The van der Waals surface area contributed by atoms with Gasteiger partial charge in [-0.25, -0.2) is 17.5 Å². The number of aromatic nitrogens is 2. The summed E-state index contributed by atoms with van der Waals surface area (Å²) in [5.74, 6) is 0.560. The zero-order valence-electron chi connectivity index (χ0n) is 14.1. The highest BCUT2D eigenvalue weighted by Gasteiger charge is 2.19. The fourth-order valence-corrected chi connectivity index (χ4v) is 3.55. The van der Waals surface area contributed by atoms with E-state index in [4.69, 9.17) is 9.26 Å². The fraction of sp³-hybridized carbons (Fsp3) is 0.176. The Morgan fingerprint density at radius 2 is 2.04 bits per heavy atom. The topological polar surface area (TPSA) is 94.3 Å². The SMILES string of the molecule is COc1cccc(-c2noc(CNS(=O)(=O)c3ccc(F)cc3C)n2)c1. The molecule has 0 bridgehead atoms. The number of hydrogen-bond acceptors (Lipinski definition) is 6. The standard InChI is InChI=1S/C17H16FN3O4S/c1-11-8-13(18)6-7-15(11)26(22,23)19-10-16-20-17(21-25-16)12-4-3-5-14(9-12)24-2/h3-9,19H,10H2,1-2H3. The molecule has 1 N–H and O–H groups in total. The number of nitrogens with zero attached hydrogens (tertiary/aromatic N) is 2. The van der Waals surface area contributed by atoms with Crippen LogP contribution in [0, 0.1) is 12.7 Å². The normalized spacial score (nSPS) is 11.5. The largest absolute Gasteiger partial charge is 0.497 e. The van der Waals surface area contributed by atoms with Crippen LogP contribution in [0.4, 0.5) is 4.39 Å². The Balaban J connectivity index is 1.75. The summed E-state index contributed by atoms with van der Waals surface area (Å²) in [7, 11) is -2.29. The minimum Gasteiger partial charge on any atom is -0.497 e. The molecule has 0 aliphatic heterocycles. The van der Waals surface area contributed by atoms with Crippen molar-refractivity contribution in [2.24, 2.45) is 0 Å². The Labute approximate surface area is 149 Å². The van der Waals surface area contributed by atoms with Gasteiger partial charge in [0, 0.05) is 5.56 Å². The third-order valence-corrected chi connectivity index (χ3v) is 5.20. The van der Waals surface area contributed by atoms with Gasteiger partial charge in [0.25, 0.3) is 0 Å². The molecule has 9 heteroatoms. The summed E-state index contributed by atoms with van der Waals surface area (Å²) in [6.45, 7) is 1.33. The lowest BCUT2D eigenvalue weighted by Gasteiger charge is -2.07. The Morgan fingerprint density at radius 1 is 1.23 bits per heavy atom. The first-order chi connectivity index (χ1) is 12.4. The van der Waals surface area contributed by atoms with Crippen LogP contribution in [-0.2, 0) is 16.6 Å². The first-order valence-corrected chi connectivity index (χ1v) is 9.10. The van der Waals surface area contributed by atoms with Gasteiger partial charge >= 0.3 is 0 Å². The van der Waals surface area contributed by atoms with E-state index in [1.54, 1.807) is 31.4 Å². The van der Waals surface area contributed by atoms with Gasteiger partial charge in [-0.2, -0.15) is 4.98 Å². The van der Waals surface area contributed by atoms with Crippen LogP contribution >= 0.6 is 0 Å². The van der Waals surface area contributed by atoms with E-state index < -0.39 is 15.8 Å². The quantitative estimate of drug-likeness (QED) is 0.710. The maximum Gasteiger partial charge on any atom is 0.242 e. The van der Waals surface area contributed by atoms with E-state index in [1.807, 2.05) is 0 Å². The van der Waals surface area contributed by atoms with Gasteiger partial charge in [0.2, 0.25) is 21.7 Å². The number of aryl methyl sites for hydroxylation is 1. The lowest BCUT2D eigenvalue weighted by atomic mass is 10.2. The molecular weight excluding hydrogens is 361 g/mol. The minimum atomic E-state index is -3.84. The Hall–Kier alpha value is -2.78. The summed E-state index contributed by atoms with van der Waals surface area (Å²) in [5, 5.41) is 3.84. The molecule has 0 unspecified atom stereocenters. The van der Waals surface area contributed by atoms with Crippen LogP contribution in [0.25, 0.3) is 11.4 Å². The third kappa shape index (κ3) is 3.89. The first kappa shape index (κ1) is 18.0. The lowest BCUT2D eigenvalue weighted by molar-refractivity contribution is 0.376. The van der Waals surface area contributed by atoms with E-state index in [1.165, 1.54) is 13.0 Å². The van der Waals surface area contributed by atoms with Crippen LogP contribution in [-0.4, -0.2) is 25.7 Å². The molecule has 0 aliphatic rings. The molecule has 1 aromatic heterocycles. The first-order valence-electron chi connectivity index (χ1n) is 7.62. The monoisotopic (exact) mass is 377 g/mol. The number of methoxy groups -OCH3 is 1. The van der Waals surface area contributed by atoms with Gasteiger partial charge < -0.3 is 9.26 Å². The second-order valence-corrected chi connectivity index (χ2v) is 7.21. The smallest absolute Gasteiger partial charge is 0.242 e. The average molecular weight is 377 g/mol. The van der Waals surface area contributed by atoms with Gasteiger partial charge in [0.05, 0.1) is 18.6 Å². The minimum absolute atomic E-state index is 0.00793. The summed E-state index contributed by atoms with van der Waals surface area (Å²) in [5.41, 5.74) is 0.983. The van der Waals surface area contributed by atoms with E-state index >= 15 is 0 Å². The van der Waals surface area contributed by atoms with Gasteiger partial charge in [-0.3, -0.25) is 0 Å². The van der Waals surface area contributed by atoms with Crippen molar-refractivity contribution in [1.82, 2.24) is 14.9 Å². The fourth-order valence-electron chi connectivity index (χ4n) is 2.35. The molecule has 136 valence electrons. The molecule has 0 radical (unpaired) electrons. The number of sulfonamides is 1. The molecule has 26 heavy (non-hydrogen) atoms. The summed E-state index contributed by atoms with van der Waals surface area (Å²) >= 11 is 0. The van der Waals surface area contributed by atoms with Crippen molar-refractivity contribution < 1.29 is 22.1 Å². The molecule has 0 amide bonds. The predicted octanol–water partition coefficient (Wildman–Crippen LogP) is 2.67. The third-order valence-electron chi connectivity index (χ3n) is 3.64. The van der Waals surface area contributed by atoms with Crippen LogP contribution < -0.4 is 9.46 Å². The summed E-state index contributed by atoms with van der Waals surface area (Å²) in [6.07, 6.45) is 0. The molecule has 3 rings (SSSR count). The molecule has 0 saturated heterocycles. The van der Waals surface area contributed by atoms with Gasteiger partial charge in [-0.15, -0.1) is 0 Å². The van der Waals surface area contributed by atoms with Gasteiger partial charge in [-0.05, 0) is 42.8 Å². The molecule has 3 aromatic rings. The van der Waals surface area contributed by atoms with Crippen LogP contribution in [0.2, 0.25) is 0 Å². The van der Waals surface area contributed by atoms with E-state index in [0.717, 1.165) is 12.1 Å². The van der Waals surface area contributed by atoms with Crippen LogP contribution in [0.3, 0.4) is 0 Å². The Kier molecular flexibility index (Phi) is 5.01. The number of benzene rings is 2. The van der Waals surface area contributed by atoms with Crippen molar-refractivity contribution in [1.29, 1.82) is 0 Å². The van der Waals surface area contributed by atoms with Gasteiger partial charge in [0.1, 0.15) is 11.6 Å². The van der Waals surface area contributed by atoms with E-state index in [0.29, 0.717) is 22.7 Å². The maximum atomic E-state index is 13.1. The zero-order valence-corrected chi connectivity index (χ0v) is 14.9. The number of rotatable bonds is 6. The molecular formula is C17H16FN3O4S. The van der Waals surface area contributed by atoms with Gasteiger partial charge in [0.15, 0.2) is 0 Å². The van der Waals surface area contributed by atoms with Crippen LogP contribution in [0.1, 0.15) is 11.5 Å². The zero-order chi connectivity index (χ0) is 18.7. The summed E-state index contributed by atoms with van der Waals surface area (Å²) in [6, 6.07) is 10.5. The molecule has 0 fully saturated rings. The number of ether oxygens (including phenoxy) is 1. The Bertz CT molecular complexity index is 1030. The number of halogens is 1. The highest BCUT2D eigenvalue weighted by atomic mass is 32.2. The van der Waals surface area contributed by atoms with Crippen molar-refractivity contribution in [2.75, 3.05) is 7.11 Å². The molecule has 1 heterocycles. The molecule has 0 atom stereocenters. The van der Waals surface area contributed by atoms with Crippen molar-refractivity contribution in [3.63, 3.8) is 0 Å². The number of nitrogens with one attached hydrogen (secondary N) is 1. The van der Waals surface area contributed by atoms with Gasteiger partial charge in [-0.1, -0.05) is 17.3 Å². The van der Waals surface area contributed by atoms with E-state index in [-0.39, 0.29) is 17.3 Å². The highest BCUT2D eigenvalue weighted by molar-refractivity contribution is 7.89. The highest BCUT2D eigenvalue weighted by Crippen LogP contribution is 2.21. The van der Waals surface area contributed by atoms with Crippen molar-refractivity contribution in [3.05, 3.63) is 59.7 Å². The van der Waals surface area contributed by atoms with Crippen molar-refractivity contribution >= 4 is 10.0 Å². The van der Waals surface area contributed by atoms with Crippen LogP contribution in [0.5, 0.6) is 5.75 Å². The van der Waals surface area contributed by atoms with Crippen LogP contribution in [0.15, 0.2) is 51.9 Å². The van der Waals surface area contributed by atoms with Crippen molar-refractivity contribution in [2.45, 2.75) is 18.4 Å². The van der Waals surface area contributed by atoms with E-state index in [9.17, 15) is 12.8 Å². The molecule has 0 spiro atoms. The summed E-state index contributed by atoms with van der Waals surface area (Å²) in [4.78, 5) is 4.16. The summed E-state index contributed by atoms with van der Waals surface area (Å²) < 4.78 is 50.5. The van der Waals surface area contributed by atoms with E-state index in [2.05, 4.69) is 14.9 Å². The molecule has 7 nitrogen and oxygen atoms in total. The Morgan fingerprint density at radius 3 is 2.77 bits per heavy atom. The second kappa shape index (κ2) is 7.22. The molecule has 0 aliphatic carbocycles. The number of hydrogen-bond donors (Lipinski definition) is 1. The second-order valence-electron chi connectivity index (χ2n) is 5.48. The van der Waals surface area contributed by atoms with Crippen molar-refractivity contribution in [3.8, 4) is 17.1 Å². The lowest BCUT2D eigenvalue weighted by Crippen LogP contribution is -2.24. The predicted molar refractivity (Wildman–Crippen MR) is 91.4 cm³/mol. The maximum absolute atomic E-state index is 13.1. The molecule has 0 saturated carbocycles.